The molecule has 1 atom stereocenters. The Morgan fingerprint density at radius 2 is 1.82 bits per heavy atom. The highest BCUT2D eigenvalue weighted by Gasteiger charge is 2.42. The molecule has 0 radical (unpaired) electrons. The maximum absolute atomic E-state index is 12.5. The zero-order chi connectivity index (χ0) is 21.5. The highest BCUT2D eigenvalue weighted by atomic mass is 35.5. The molecule has 2 rings (SSSR count). The van der Waals surface area contributed by atoms with E-state index in [1.807, 2.05) is 11.9 Å². The van der Waals surface area contributed by atoms with Crippen LogP contribution in [0.15, 0.2) is 0 Å². The van der Waals surface area contributed by atoms with Gasteiger partial charge in [-0.05, 0) is 48.0 Å². The first-order chi connectivity index (χ1) is 12.6. The van der Waals surface area contributed by atoms with Crippen molar-refractivity contribution in [2.45, 2.75) is 85.0 Å². The van der Waals surface area contributed by atoms with Crippen LogP contribution in [0.1, 0.15) is 71.7 Å². The summed E-state index contributed by atoms with van der Waals surface area (Å²) >= 11 is 6.26. The highest BCUT2D eigenvalue weighted by Crippen LogP contribution is 2.44. The molecule has 1 aromatic heterocycles. The van der Waals surface area contributed by atoms with Gasteiger partial charge in [0.05, 0.1) is 18.3 Å². The molecule has 0 amide bonds. The second kappa shape index (κ2) is 8.03. The monoisotopic (exact) mass is 425 g/mol. The van der Waals surface area contributed by atoms with E-state index in [0.717, 1.165) is 29.9 Å². The van der Waals surface area contributed by atoms with Crippen molar-refractivity contribution in [3.8, 4) is 0 Å². The number of ketones is 1. The third kappa shape index (κ3) is 5.54. The fourth-order valence-electron chi connectivity index (χ4n) is 3.33. The molecule has 0 N–H and O–H groups in total. The fraction of sp³-hybridized carbons (Fsp3) is 0.762. The van der Waals surface area contributed by atoms with Gasteiger partial charge in [0.15, 0.2) is 14.1 Å². The molecule has 5 nitrogen and oxygen atoms in total. The molecule has 1 heterocycles. The summed E-state index contributed by atoms with van der Waals surface area (Å²) in [5.41, 5.74) is 1.94. The number of hydrogen-bond acceptors (Lipinski definition) is 5. The summed E-state index contributed by atoms with van der Waals surface area (Å²) in [6.07, 6.45) is 2.22. The van der Waals surface area contributed by atoms with Crippen LogP contribution in [0.3, 0.4) is 0 Å². The lowest BCUT2D eigenvalue weighted by molar-refractivity contribution is -0.119. The van der Waals surface area contributed by atoms with Crippen molar-refractivity contribution in [3.63, 3.8) is 0 Å². The predicted octanol–water partition coefficient (Wildman–Crippen LogP) is 5.58. The molecular weight excluding hydrogens is 390 g/mol. The lowest BCUT2D eigenvalue weighted by Gasteiger charge is -2.38. The summed E-state index contributed by atoms with van der Waals surface area (Å²) in [6, 6.07) is 0. The number of carbonyl (C=O) groups is 1. The predicted molar refractivity (Wildman–Crippen MR) is 119 cm³/mol. The zero-order valence-electron chi connectivity index (χ0n) is 18.9. The highest BCUT2D eigenvalue weighted by molar-refractivity contribution is 6.74. The maximum atomic E-state index is 12.5. The molecule has 0 aliphatic heterocycles. The van der Waals surface area contributed by atoms with E-state index < -0.39 is 8.32 Å². The van der Waals surface area contributed by atoms with E-state index in [0.29, 0.717) is 13.0 Å². The van der Waals surface area contributed by atoms with E-state index in [4.69, 9.17) is 16.0 Å². The first-order valence-electron chi connectivity index (χ1n) is 10.1. The van der Waals surface area contributed by atoms with Gasteiger partial charge in [-0.15, -0.1) is 0 Å². The van der Waals surface area contributed by atoms with Crippen molar-refractivity contribution < 1.29 is 9.22 Å². The van der Waals surface area contributed by atoms with Crippen LogP contribution < -0.4 is 4.90 Å². The van der Waals surface area contributed by atoms with E-state index in [2.05, 4.69) is 64.6 Å². The fourth-order valence-corrected chi connectivity index (χ4v) is 4.79. The Balaban J connectivity index is 2.26. The van der Waals surface area contributed by atoms with Crippen molar-refractivity contribution in [2.75, 3.05) is 18.5 Å². The van der Waals surface area contributed by atoms with Crippen LogP contribution in [0.2, 0.25) is 23.4 Å². The molecule has 28 heavy (non-hydrogen) atoms. The van der Waals surface area contributed by atoms with Crippen molar-refractivity contribution in [1.82, 2.24) is 9.97 Å². The number of nitrogens with zero attached hydrogens (tertiary/aromatic N) is 3. The van der Waals surface area contributed by atoms with E-state index in [-0.39, 0.29) is 27.6 Å². The Morgan fingerprint density at radius 1 is 1.21 bits per heavy atom. The van der Waals surface area contributed by atoms with Gasteiger partial charge in [0.25, 0.3) is 0 Å². The van der Waals surface area contributed by atoms with Gasteiger partial charge >= 0.3 is 0 Å². The number of aromatic nitrogens is 2. The first-order valence-corrected chi connectivity index (χ1v) is 13.4. The molecule has 1 aromatic rings. The summed E-state index contributed by atoms with van der Waals surface area (Å²) < 4.78 is 6.63. The van der Waals surface area contributed by atoms with Gasteiger partial charge in [0.1, 0.15) is 5.82 Å². The van der Waals surface area contributed by atoms with E-state index in [1.165, 1.54) is 0 Å². The summed E-state index contributed by atoms with van der Waals surface area (Å²) in [7, 11) is -0.0203. The van der Waals surface area contributed by atoms with Crippen molar-refractivity contribution in [1.29, 1.82) is 0 Å². The number of fused-ring (bicyclic) bond motifs is 1. The molecule has 158 valence electrons. The topological polar surface area (TPSA) is 55.3 Å². The van der Waals surface area contributed by atoms with Crippen molar-refractivity contribution in [3.05, 3.63) is 16.5 Å². The normalized spacial score (nSPS) is 17.6. The minimum absolute atomic E-state index is 0.0225. The van der Waals surface area contributed by atoms with Crippen LogP contribution in [0.4, 0.5) is 5.82 Å². The number of likely N-dealkylation sites (N-methyl/N-ethyl adjacent to an activating group) is 1. The molecule has 0 aromatic carbocycles. The van der Waals surface area contributed by atoms with Crippen molar-refractivity contribution >= 4 is 31.5 Å². The second-order valence-corrected chi connectivity index (χ2v) is 15.8. The SMILES string of the molecule is CN(CC(=O)CC(C)(C)C)c1nc(Cl)nc2c1CCC2O[Si](C)(C)C(C)(C)C. The van der Waals surface area contributed by atoms with E-state index in [9.17, 15) is 4.79 Å². The van der Waals surface area contributed by atoms with Gasteiger partial charge in [-0.3, -0.25) is 4.79 Å². The van der Waals surface area contributed by atoms with E-state index >= 15 is 0 Å². The van der Waals surface area contributed by atoms with Gasteiger partial charge in [0, 0.05) is 19.0 Å². The summed E-state index contributed by atoms with van der Waals surface area (Å²) in [5.74, 6) is 0.962. The van der Waals surface area contributed by atoms with Crippen molar-refractivity contribution in [2.24, 2.45) is 5.41 Å². The smallest absolute Gasteiger partial charge is 0.224 e. The Labute approximate surface area is 176 Å². The molecule has 7 heteroatoms. The number of halogens is 1. The maximum Gasteiger partial charge on any atom is 0.224 e. The van der Waals surface area contributed by atoms with Crippen LogP contribution >= 0.6 is 11.6 Å². The molecule has 0 fully saturated rings. The molecule has 1 aliphatic carbocycles. The number of Topliss-reactive ketones (excluding diaryl/α,β-unsaturated/α-hetero) is 1. The molecule has 0 saturated heterocycles. The molecule has 1 unspecified atom stereocenters. The largest absolute Gasteiger partial charge is 0.408 e. The third-order valence-corrected chi connectivity index (χ3v) is 10.4. The minimum atomic E-state index is -1.92. The van der Waals surface area contributed by atoms with Gasteiger partial charge in [-0.25, -0.2) is 9.97 Å². The summed E-state index contributed by atoms with van der Waals surface area (Å²) in [5, 5.41) is 0.348. The van der Waals surface area contributed by atoms with Crippen LogP contribution in [0.25, 0.3) is 0 Å². The number of anilines is 1. The Bertz CT molecular complexity index is 738. The lowest BCUT2D eigenvalue weighted by atomic mass is 9.90. The molecule has 1 aliphatic rings. The minimum Gasteiger partial charge on any atom is -0.408 e. The molecular formula is C21H36ClN3O2Si. The lowest BCUT2D eigenvalue weighted by Crippen LogP contribution is -2.41. The van der Waals surface area contributed by atoms with Crippen LogP contribution in [0.5, 0.6) is 0 Å². The average molecular weight is 426 g/mol. The first kappa shape index (κ1) is 23.3. The molecule has 0 bridgehead atoms. The Hall–Kier alpha value is -0.983. The standard InChI is InChI=1S/C21H36ClN3O2Si/c1-20(2,3)12-14(26)13-25(7)18-15-10-11-16(17(15)23-19(22)24-18)27-28(8,9)21(4,5)6/h16H,10-13H2,1-9H3. The Kier molecular flexibility index (Phi) is 6.69. The zero-order valence-corrected chi connectivity index (χ0v) is 20.7. The molecule has 0 spiro atoms. The average Bonchev–Trinajstić information content (AvgIpc) is 2.85. The van der Waals surface area contributed by atoms with Gasteiger partial charge in [0.2, 0.25) is 5.28 Å². The van der Waals surface area contributed by atoms with Crippen LogP contribution in [0, 0.1) is 5.41 Å². The van der Waals surface area contributed by atoms with Gasteiger partial charge in [-0.1, -0.05) is 41.5 Å². The van der Waals surface area contributed by atoms with E-state index in [1.54, 1.807) is 0 Å². The van der Waals surface area contributed by atoms with Gasteiger partial charge < -0.3 is 9.33 Å². The Morgan fingerprint density at radius 3 is 2.36 bits per heavy atom. The number of carbonyl (C=O) groups excluding carboxylic acids is 1. The second-order valence-electron chi connectivity index (χ2n) is 10.7. The summed E-state index contributed by atoms with van der Waals surface area (Å²) in [4.78, 5) is 23.3. The quantitative estimate of drug-likeness (QED) is 0.439. The van der Waals surface area contributed by atoms with Crippen LogP contribution in [-0.2, 0) is 15.6 Å². The van der Waals surface area contributed by atoms with Gasteiger partial charge in [-0.2, -0.15) is 0 Å². The third-order valence-electron chi connectivity index (χ3n) is 5.70. The summed E-state index contributed by atoms with van der Waals surface area (Å²) in [6.45, 7) is 17.8. The number of hydrogen-bond donors (Lipinski definition) is 0. The number of rotatable bonds is 6. The van der Waals surface area contributed by atoms with Crippen LogP contribution in [-0.4, -0.2) is 37.7 Å². The molecule has 0 saturated carbocycles.